The lowest BCUT2D eigenvalue weighted by atomic mass is 9.80. The fourth-order valence-electron chi connectivity index (χ4n) is 4.18. The van der Waals surface area contributed by atoms with Crippen molar-refractivity contribution < 1.29 is 9.90 Å². The maximum atomic E-state index is 13.1. The van der Waals surface area contributed by atoms with Crippen LogP contribution < -0.4 is 4.90 Å². The van der Waals surface area contributed by atoms with E-state index in [1.807, 2.05) is 57.3 Å². The molecule has 1 aliphatic rings. The van der Waals surface area contributed by atoms with Crippen molar-refractivity contribution in [3.05, 3.63) is 64.7 Å². The minimum absolute atomic E-state index is 0.00529. The zero-order valence-electron chi connectivity index (χ0n) is 16.1. The summed E-state index contributed by atoms with van der Waals surface area (Å²) in [5.74, 6) is -0.00529. The minimum atomic E-state index is -0.645. The van der Waals surface area contributed by atoms with Crippen LogP contribution in [0.1, 0.15) is 59.2 Å². The van der Waals surface area contributed by atoms with Gasteiger partial charge in [0.2, 0.25) is 0 Å². The third kappa shape index (κ3) is 3.83. The molecule has 3 nitrogen and oxygen atoms in total. The Morgan fingerprint density at radius 1 is 1.00 bits per heavy atom. The number of hydrogen-bond acceptors (Lipinski definition) is 2. The van der Waals surface area contributed by atoms with Gasteiger partial charge in [-0.1, -0.05) is 55.7 Å². The Labute approximate surface area is 156 Å². The smallest absolute Gasteiger partial charge is 0.258 e. The van der Waals surface area contributed by atoms with E-state index in [1.54, 1.807) is 4.90 Å². The highest BCUT2D eigenvalue weighted by molar-refractivity contribution is 6.07. The molecule has 0 aliphatic heterocycles. The molecule has 3 heteroatoms. The molecule has 0 radical (unpaired) electrons. The second-order valence-electron chi connectivity index (χ2n) is 7.72. The van der Waals surface area contributed by atoms with Crippen LogP contribution in [0.2, 0.25) is 0 Å². The molecule has 0 saturated heterocycles. The molecule has 1 N–H and O–H groups in total. The van der Waals surface area contributed by atoms with Gasteiger partial charge in [0.15, 0.2) is 0 Å². The molecule has 0 unspecified atom stereocenters. The van der Waals surface area contributed by atoms with Gasteiger partial charge in [-0.25, -0.2) is 0 Å². The molecular formula is C23H29NO2. The van der Waals surface area contributed by atoms with Crippen molar-refractivity contribution in [1.82, 2.24) is 0 Å². The molecule has 0 aromatic heterocycles. The van der Waals surface area contributed by atoms with Crippen LogP contribution in [0.3, 0.4) is 0 Å². The normalized spacial score (nSPS) is 16.3. The van der Waals surface area contributed by atoms with Crippen LogP contribution in [-0.2, 0) is 6.42 Å². The maximum Gasteiger partial charge on any atom is 0.258 e. The second kappa shape index (κ2) is 7.63. The number of anilines is 1. The summed E-state index contributed by atoms with van der Waals surface area (Å²) in [6.45, 7) is 4.00. The van der Waals surface area contributed by atoms with Gasteiger partial charge in [0.25, 0.3) is 5.91 Å². The number of hydrogen-bond donors (Lipinski definition) is 1. The van der Waals surface area contributed by atoms with Crippen LogP contribution in [0.25, 0.3) is 0 Å². The van der Waals surface area contributed by atoms with E-state index in [0.29, 0.717) is 6.42 Å². The van der Waals surface area contributed by atoms with Gasteiger partial charge in [-0.05, 0) is 49.4 Å². The highest BCUT2D eigenvalue weighted by atomic mass is 16.3. The third-order valence-electron chi connectivity index (χ3n) is 5.64. The Morgan fingerprint density at radius 3 is 2.35 bits per heavy atom. The molecule has 1 saturated carbocycles. The monoisotopic (exact) mass is 351 g/mol. The van der Waals surface area contributed by atoms with E-state index in [9.17, 15) is 9.90 Å². The molecule has 3 rings (SSSR count). The summed E-state index contributed by atoms with van der Waals surface area (Å²) in [5, 5.41) is 11.0. The van der Waals surface area contributed by atoms with Crippen LogP contribution in [-0.4, -0.2) is 23.7 Å². The lowest BCUT2D eigenvalue weighted by Gasteiger charge is -2.34. The lowest BCUT2D eigenvalue weighted by molar-refractivity contribution is 0.00455. The Kier molecular flexibility index (Phi) is 5.47. The number of carbonyl (C=O) groups excluding carboxylic acids is 1. The molecule has 1 fully saturated rings. The number of aryl methyl sites for hydroxylation is 2. The fourth-order valence-corrected chi connectivity index (χ4v) is 4.18. The van der Waals surface area contributed by atoms with Crippen molar-refractivity contribution >= 4 is 11.6 Å². The zero-order valence-corrected chi connectivity index (χ0v) is 16.1. The highest BCUT2D eigenvalue weighted by Gasteiger charge is 2.31. The quantitative estimate of drug-likeness (QED) is 0.858. The topological polar surface area (TPSA) is 40.5 Å². The summed E-state index contributed by atoms with van der Waals surface area (Å²) >= 11 is 0. The van der Waals surface area contributed by atoms with E-state index in [2.05, 4.69) is 6.07 Å². The summed E-state index contributed by atoms with van der Waals surface area (Å²) in [5.41, 5.74) is 4.10. The van der Waals surface area contributed by atoms with Gasteiger partial charge in [-0.2, -0.15) is 0 Å². The van der Waals surface area contributed by atoms with Crippen LogP contribution in [0.4, 0.5) is 5.69 Å². The van der Waals surface area contributed by atoms with Crippen LogP contribution >= 0.6 is 0 Å². The van der Waals surface area contributed by atoms with Crippen molar-refractivity contribution in [3.8, 4) is 0 Å². The van der Waals surface area contributed by atoms with E-state index >= 15 is 0 Å². The molecule has 2 aromatic carbocycles. The minimum Gasteiger partial charge on any atom is -0.390 e. The molecule has 0 spiro atoms. The number of carbonyl (C=O) groups is 1. The number of para-hydroxylation sites is 1. The van der Waals surface area contributed by atoms with Gasteiger partial charge < -0.3 is 10.0 Å². The molecular weight excluding hydrogens is 322 g/mol. The third-order valence-corrected chi connectivity index (χ3v) is 5.64. The number of benzene rings is 2. The van der Waals surface area contributed by atoms with E-state index in [0.717, 1.165) is 53.6 Å². The zero-order chi connectivity index (χ0) is 18.7. The van der Waals surface area contributed by atoms with Crippen molar-refractivity contribution in [2.75, 3.05) is 11.9 Å². The van der Waals surface area contributed by atoms with Gasteiger partial charge in [-0.3, -0.25) is 4.79 Å². The fraction of sp³-hybridized carbons (Fsp3) is 0.435. The standard InChI is InChI=1S/C23H29NO2/c1-17-10-5-6-13-20(17)22(25)24(3)21-18(2)11-9-12-19(21)16-23(26)14-7-4-8-15-23/h5-6,9-13,26H,4,7-8,14-16H2,1-3H3. The Balaban J connectivity index is 1.94. The summed E-state index contributed by atoms with van der Waals surface area (Å²) in [6, 6.07) is 13.8. The predicted molar refractivity (Wildman–Crippen MR) is 107 cm³/mol. The van der Waals surface area contributed by atoms with Gasteiger partial charge in [-0.15, -0.1) is 0 Å². The maximum absolute atomic E-state index is 13.1. The van der Waals surface area contributed by atoms with E-state index in [1.165, 1.54) is 6.42 Å². The van der Waals surface area contributed by atoms with Gasteiger partial charge >= 0.3 is 0 Å². The first kappa shape index (κ1) is 18.7. The summed E-state index contributed by atoms with van der Waals surface area (Å²) in [6.07, 6.45) is 5.65. The largest absolute Gasteiger partial charge is 0.390 e. The summed E-state index contributed by atoms with van der Waals surface area (Å²) in [4.78, 5) is 14.9. The van der Waals surface area contributed by atoms with Crippen molar-refractivity contribution in [1.29, 1.82) is 0 Å². The first-order valence-corrected chi connectivity index (χ1v) is 9.56. The average Bonchev–Trinajstić information content (AvgIpc) is 2.61. The number of rotatable bonds is 4. The van der Waals surface area contributed by atoms with Gasteiger partial charge in [0, 0.05) is 24.7 Å². The average molecular weight is 351 g/mol. The number of aliphatic hydroxyl groups is 1. The van der Waals surface area contributed by atoms with Gasteiger partial charge in [0.05, 0.1) is 5.60 Å². The Hall–Kier alpha value is -2.13. The molecule has 0 atom stereocenters. The summed E-state index contributed by atoms with van der Waals surface area (Å²) in [7, 11) is 1.84. The molecule has 138 valence electrons. The molecule has 0 heterocycles. The number of amides is 1. The van der Waals surface area contributed by atoms with Gasteiger partial charge in [0.1, 0.15) is 0 Å². The van der Waals surface area contributed by atoms with E-state index in [-0.39, 0.29) is 5.91 Å². The number of nitrogens with zero attached hydrogens (tertiary/aromatic N) is 1. The molecule has 26 heavy (non-hydrogen) atoms. The molecule has 0 bridgehead atoms. The van der Waals surface area contributed by atoms with Crippen LogP contribution in [0.15, 0.2) is 42.5 Å². The highest BCUT2D eigenvalue weighted by Crippen LogP contribution is 2.35. The second-order valence-corrected chi connectivity index (χ2v) is 7.72. The van der Waals surface area contributed by atoms with Crippen molar-refractivity contribution in [2.24, 2.45) is 0 Å². The Morgan fingerprint density at radius 2 is 1.65 bits per heavy atom. The van der Waals surface area contributed by atoms with E-state index < -0.39 is 5.60 Å². The molecule has 2 aromatic rings. The lowest BCUT2D eigenvalue weighted by Crippen LogP contribution is -2.35. The summed E-state index contributed by atoms with van der Waals surface area (Å²) < 4.78 is 0. The van der Waals surface area contributed by atoms with Crippen molar-refractivity contribution in [2.45, 2.75) is 58.0 Å². The first-order chi connectivity index (χ1) is 12.4. The van der Waals surface area contributed by atoms with Crippen LogP contribution in [0.5, 0.6) is 0 Å². The predicted octanol–water partition coefficient (Wildman–Crippen LogP) is 4.82. The molecule has 1 amide bonds. The SMILES string of the molecule is Cc1ccccc1C(=O)N(C)c1c(C)cccc1CC1(O)CCCCC1. The van der Waals surface area contributed by atoms with Crippen LogP contribution in [0, 0.1) is 13.8 Å². The molecule has 1 aliphatic carbocycles. The first-order valence-electron chi connectivity index (χ1n) is 9.56. The Bertz CT molecular complexity index is 791. The van der Waals surface area contributed by atoms with Crippen molar-refractivity contribution in [3.63, 3.8) is 0 Å². The van der Waals surface area contributed by atoms with E-state index in [4.69, 9.17) is 0 Å².